The molecule has 0 saturated carbocycles. The summed E-state index contributed by atoms with van der Waals surface area (Å²) in [6.45, 7) is 2.79. The molecule has 2 rings (SSSR count). The lowest BCUT2D eigenvalue weighted by molar-refractivity contribution is 0.185. The first-order valence-corrected chi connectivity index (χ1v) is 7.28. The van der Waals surface area contributed by atoms with Crippen molar-refractivity contribution in [2.75, 3.05) is 25.1 Å². The number of halogens is 1. The third-order valence-electron chi connectivity index (χ3n) is 3.14. The van der Waals surface area contributed by atoms with E-state index in [1.165, 1.54) is 6.42 Å². The van der Waals surface area contributed by atoms with Crippen molar-refractivity contribution >= 4 is 38.8 Å². The summed E-state index contributed by atoms with van der Waals surface area (Å²) in [7, 11) is 0. The number of ether oxygens (including phenoxy) is 1. The molecule has 1 aromatic rings. The molecule has 0 spiro atoms. The van der Waals surface area contributed by atoms with E-state index in [-0.39, 0.29) is 0 Å². The lowest BCUT2D eigenvalue weighted by Gasteiger charge is -2.11. The molecule has 18 heavy (non-hydrogen) atoms. The summed E-state index contributed by atoms with van der Waals surface area (Å²) in [6.07, 6.45) is 2.33. The lowest BCUT2D eigenvalue weighted by Crippen LogP contribution is -2.11. The van der Waals surface area contributed by atoms with Gasteiger partial charge in [-0.3, -0.25) is 0 Å². The van der Waals surface area contributed by atoms with Crippen molar-refractivity contribution in [2.45, 2.75) is 12.8 Å². The monoisotopic (exact) mass is 328 g/mol. The zero-order valence-corrected chi connectivity index (χ0v) is 12.5. The molecule has 1 unspecified atom stereocenters. The van der Waals surface area contributed by atoms with E-state index in [2.05, 4.69) is 21.2 Å². The van der Waals surface area contributed by atoms with Crippen molar-refractivity contribution in [3.63, 3.8) is 0 Å². The van der Waals surface area contributed by atoms with Gasteiger partial charge in [-0.15, -0.1) is 0 Å². The van der Waals surface area contributed by atoms with Gasteiger partial charge >= 0.3 is 0 Å². The summed E-state index contributed by atoms with van der Waals surface area (Å²) in [5.41, 5.74) is 7.57. The fraction of sp³-hybridized carbons (Fsp3) is 0.462. The van der Waals surface area contributed by atoms with Gasteiger partial charge in [0.15, 0.2) is 0 Å². The number of rotatable bonds is 5. The van der Waals surface area contributed by atoms with Gasteiger partial charge in [0.1, 0.15) is 4.99 Å². The van der Waals surface area contributed by atoms with Gasteiger partial charge in [0.2, 0.25) is 0 Å². The zero-order chi connectivity index (χ0) is 13.0. The van der Waals surface area contributed by atoms with Crippen molar-refractivity contribution in [1.82, 2.24) is 0 Å². The van der Waals surface area contributed by atoms with E-state index in [4.69, 9.17) is 22.7 Å². The van der Waals surface area contributed by atoms with Crippen LogP contribution in [-0.2, 0) is 4.74 Å². The minimum atomic E-state index is 0.413. The van der Waals surface area contributed by atoms with Crippen molar-refractivity contribution < 1.29 is 4.74 Å². The van der Waals surface area contributed by atoms with Crippen molar-refractivity contribution in [3.8, 4) is 0 Å². The molecule has 98 valence electrons. The minimum Gasteiger partial charge on any atom is -0.389 e. The largest absolute Gasteiger partial charge is 0.389 e. The molecule has 0 radical (unpaired) electrons. The quantitative estimate of drug-likeness (QED) is 0.816. The van der Waals surface area contributed by atoms with Gasteiger partial charge in [-0.2, -0.15) is 0 Å². The van der Waals surface area contributed by atoms with Crippen LogP contribution in [-0.4, -0.2) is 24.7 Å². The van der Waals surface area contributed by atoms with Gasteiger partial charge in [-0.25, -0.2) is 0 Å². The number of benzene rings is 1. The van der Waals surface area contributed by atoms with Crippen LogP contribution < -0.4 is 11.1 Å². The van der Waals surface area contributed by atoms with Crippen LogP contribution in [0.15, 0.2) is 22.7 Å². The molecule has 1 fully saturated rings. The standard InChI is InChI=1S/C13H17BrN2OS/c14-12-7-10(1-2-11(12)13(15)18)16-5-3-9-4-6-17-8-9/h1-2,7,9,16H,3-6,8H2,(H2,15,18). The summed E-state index contributed by atoms with van der Waals surface area (Å²) >= 11 is 8.44. The third kappa shape index (κ3) is 3.67. The third-order valence-corrected chi connectivity index (χ3v) is 4.02. The first-order chi connectivity index (χ1) is 8.66. The van der Waals surface area contributed by atoms with E-state index in [0.29, 0.717) is 10.9 Å². The summed E-state index contributed by atoms with van der Waals surface area (Å²) in [4.78, 5) is 0.413. The summed E-state index contributed by atoms with van der Waals surface area (Å²) in [6, 6.07) is 5.96. The zero-order valence-electron chi connectivity index (χ0n) is 10.1. The Balaban J connectivity index is 1.85. The van der Waals surface area contributed by atoms with Crippen LogP contribution in [0.1, 0.15) is 18.4 Å². The molecule has 1 saturated heterocycles. The first kappa shape index (κ1) is 13.8. The molecule has 1 aliphatic heterocycles. The number of anilines is 1. The van der Waals surface area contributed by atoms with Crippen molar-refractivity contribution in [1.29, 1.82) is 0 Å². The predicted octanol–water partition coefficient (Wildman–Crippen LogP) is 2.92. The van der Waals surface area contributed by atoms with Crippen molar-refractivity contribution in [3.05, 3.63) is 28.2 Å². The summed E-state index contributed by atoms with van der Waals surface area (Å²) in [5, 5.41) is 3.41. The van der Waals surface area contributed by atoms with Crippen molar-refractivity contribution in [2.24, 2.45) is 11.7 Å². The van der Waals surface area contributed by atoms with Gasteiger partial charge in [0, 0.05) is 35.5 Å². The maximum atomic E-state index is 5.61. The Bertz CT molecular complexity index is 433. The molecule has 0 bridgehead atoms. The first-order valence-electron chi connectivity index (χ1n) is 6.08. The molecule has 1 aromatic carbocycles. The number of nitrogens with one attached hydrogen (secondary N) is 1. The second-order valence-corrected chi connectivity index (χ2v) is 5.80. The van der Waals surface area contributed by atoms with E-state index in [1.807, 2.05) is 18.2 Å². The molecule has 0 aromatic heterocycles. The molecule has 3 N–H and O–H groups in total. The Kier molecular flexibility index (Phi) is 4.97. The second kappa shape index (κ2) is 6.50. The number of hydrogen-bond donors (Lipinski definition) is 2. The molecule has 0 aliphatic carbocycles. The van der Waals surface area contributed by atoms with Crippen LogP contribution in [0.2, 0.25) is 0 Å². The smallest absolute Gasteiger partial charge is 0.105 e. The van der Waals surface area contributed by atoms with E-state index >= 15 is 0 Å². The van der Waals surface area contributed by atoms with E-state index in [9.17, 15) is 0 Å². The minimum absolute atomic E-state index is 0.413. The van der Waals surface area contributed by atoms with Crippen LogP contribution in [0.25, 0.3) is 0 Å². The molecule has 1 atom stereocenters. The molecular weight excluding hydrogens is 312 g/mol. The van der Waals surface area contributed by atoms with Crippen LogP contribution >= 0.6 is 28.1 Å². The molecule has 1 aliphatic rings. The highest BCUT2D eigenvalue weighted by Gasteiger charge is 2.14. The highest BCUT2D eigenvalue weighted by atomic mass is 79.9. The van der Waals surface area contributed by atoms with Gasteiger partial charge < -0.3 is 15.8 Å². The summed E-state index contributed by atoms with van der Waals surface area (Å²) in [5.74, 6) is 0.705. The van der Waals surface area contributed by atoms with E-state index in [0.717, 1.165) is 41.9 Å². The number of nitrogens with two attached hydrogens (primary N) is 1. The SMILES string of the molecule is NC(=S)c1ccc(NCCC2CCOC2)cc1Br. The highest BCUT2D eigenvalue weighted by molar-refractivity contribution is 9.10. The normalized spacial score (nSPS) is 18.8. The number of thiocarbonyl (C=S) groups is 1. The fourth-order valence-electron chi connectivity index (χ4n) is 2.06. The average molecular weight is 329 g/mol. The Labute approximate surface area is 121 Å². The van der Waals surface area contributed by atoms with E-state index in [1.54, 1.807) is 0 Å². The lowest BCUT2D eigenvalue weighted by atomic mass is 10.1. The Morgan fingerprint density at radius 2 is 2.39 bits per heavy atom. The predicted molar refractivity (Wildman–Crippen MR) is 82.1 cm³/mol. The summed E-state index contributed by atoms with van der Waals surface area (Å²) < 4.78 is 6.29. The molecule has 0 amide bonds. The topological polar surface area (TPSA) is 47.3 Å². The second-order valence-electron chi connectivity index (χ2n) is 4.50. The molecule has 3 nitrogen and oxygen atoms in total. The van der Waals surface area contributed by atoms with E-state index < -0.39 is 0 Å². The highest BCUT2D eigenvalue weighted by Crippen LogP contribution is 2.22. The Morgan fingerprint density at radius 3 is 3.00 bits per heavy atom. The molecule has 1 heterocycles. The maximum absolute atomic E-state index is 5.61. The van der Waals surface area contributed by atoms with Gasteiger partial charge in [0.05, 0.1) is 0 Å². The van der Waals surface area contributed by atoms with Crippen LogP contribution in [0, 0.1) is 5.92 Å². The van der Waals surface area contributed by atoms with Crippen LogP contribution in [0.5, 0.6) is 0 Å². The van der Waals surface area contributed by atoms with Crippen LogP contribution in [0.4, 0.5) is 5.69 Å². The van der Waals surface area contributed by atoms with Gasteiger partial charge in [-0.05, 0) is 52.9 Å². The van der Waals surface area contributed by atoms with Gasteiger partial charge in [-0.1, -0.05) is 12.2 Å². The molecule has 5 heteroatoms. The fourth-order valence-corrected chi connectivity index (χ4v) is 2.96. The Morgan fingerprint density at radius 1 is 1.56 bits per heavy atom. The Hall–Kier alpha value is -0.650. The molecular formula is C13H17BrN2OS. The maximum Gasteiger partial charge on any atom is 0.105 e. The van der Waals surface area contributed by atoms with Crippen LogP contribution in [0.3, 0.4) is 0 Å². The number of hydrogen-bond acceptors (Lipinski definition) is 3. The van der Waals surface area contributed by atoms with Gasteiger partial charge in [0.25, 0.3) is 0 Å². The average Bonchev–Trinajstić information content (AvgIpc) is 2.81.